The quantitative estimate of drug-likeness (QED) is 0.896. The molecule has 0 aliphatic carbocycles. The summed E-state index contributed by atoms with van der Waals surface area (Å²) in [5.74, 6) is 1.37. The van der Waals surface area contributed by atoms with Crippen molar-refractivity contribution in [2.45, 2.75) is 32.7 Å². The number of pyridine rings is 1. The smallest absolute Gasteiger partial charge is 0.202 e. The normalized spacial score (nSPS) is 11.6. The number of hydrogen-bond donors (Lipinski definition) is 2. The Kier molecular flexibility index (Phi) is 4.05. The Morgan fingerprint density at radius 3 is 2.79 bits per heavy atom. The molecule has 2 aromatic heterocycles. The van der Waals surface area contributed by atoms with Gasteiger partial charge in [0.15, 0.2) is 0 Å². The number of nitrogens with zero attached hydrogens (tertiary/aromatic N) is 3. The van der Waals surface area contributed by atoms with Crippen LogP contribution in [0.4, 0.5) is 10.9 Å². The Bertz CT molecular complexity index is 576. The summed E-state index contributed by atoms with van der Waals surface area (Å²) < 4.78 is 5.26. The summed E-state index contributed by atoms with van der Waals surface area (Å²) in [7, 11) is 0. The number of anilines is 2. The van der Waals surface area contributed by atoms with Gasteiger partial charge in [0.1, 0.15) is 11.6 Å². The molecule has 0 unspecified atom stereocenters. The minimum Gasteiger partial charge on any atom is -0.383 e. The van der Waals surface area contributed by atoms with Gasteiger partial charge < -0.3 is 11.1 Å². The van der Waals surface area contributed by atoms with Crippen LogP contribution in [0.1, 0.15) is 32.2 Å². The number of halogens is 1. The van der Waals surface area contributed by atoms with Gasteiger partial charge in [0.05, 0.1) is 0 Å². The summed E-state index contributed by atoms with van der Waals surface area (Å²) >= 11 is 4.74. The van der Waals surface area contributed by atoms with Crippen molar-refractivity contribution >= 4 is 38.4 Å². The van der Waals surface area contributed by atoms with Gasteiger partial charge in [0.2, 0.25) is 5.13 Å². The van der Waals surface area contributed by atoms with Gasteiger partial charge in [0, 0.05) is 39.7 Å². The first-order chi connectivity index (χ1) is 8.86. The summed E-state index contributed by atoms with van der Waals surface area (Å²) in [6, 6.07) is 1.95. The van der Waals surface area contributed by atoms with Crippen LogP contribution in [-0.4, -0.2) is 14.3 Å². The number of nitrogens with one attached hydrogen (secondary N) is 1. The van der Waals surface area contributed by atoms with Gasteiger partial charge in [-0.05, 0) is 22.0 Å². The van der Waals surface area contributed by atoms with Gasteiger partial charge in [0.25, 0.3) is 0 Å². The van der Waals surface area contributed by atoms with Crippen LogP contribution in [0.2, 0.25) is 0 Å². The summed E-state index contributed by atoms with van der Waals surface area (Å²) in [5, 5.41) is 4.02. The van der Waals surface area contributed by atoms with Gasteiger partial charge in [-0.1, -0.05) is 20.8 Å². The highest BCUT2D eigenvalue weighted by molar-refractivity contribution is 9.10. The van der Waals surface area contributed by atoms with E-state index < -0.39 is 0 Å². The first-order valence-electron chi connectivity index (χ1n) is 5.84. The highest BCUT2D eigenvalue weighted by Gasteiger charge is 2.19. The molecule has 0 spiro atoms. The van der Waals surface area contributed by atoms with Crippen LogP contribution in [0.25, 0.3) is 0 Å². The standard InChI is InChI=1S/C12H16BrN5S/c1-12(2,3)10-17-11(19-18-10)16-5-7-4-8(13)6-15-9(7)14/h4,6H,5H2,1-3H3,(H2,14,15)(H,16,17,18). The molecule has 19 heavy (non-hydrogen) atoms. The van der Waals surface area contributed by atoms with Crippen molar-refractivity contribution in [3.63, 3.8) is 0 Å². The maximum Gasteiger partial charge on any atom is 0.202 e. The number of rotatable bonds is 3. The van der Waals surface area contributed by atoms with E-state index in [-0.39, 0.29) is 5.41 Å². The fourth-order valence-electron chi connectivity index (χ4n) is 1.40. The van der Waals surface area contributed by atoms with E-state index in [2.05, 4.69) is 56.4 Å². The van der Waals surface area contributed by atoms with Crippen molar-refractivity contribution in [2.24, 2.45) is 0 Å². The van der Waals surface area contributed by atoms with Gasteiger partial charge >= 0.3 is 0 Å². The minimum absolute atomic E-state index is 0.0349. The summed E-state index contributed by atoms with van der Waals surface area (Å²) in [4.78, 5) is 8.57. The van der Waals surface area contributed by atoms with Crippen LogP contribution in [-0.2, 0) is 12.0 Å². The fourth-order valence-corrected chi connectivity index (χ4v) is 2.53. The average Bonchev–Trinajstić information content (AvgIpc) is 2.79. The molecule has 0 fully saturated rings. The molecule has 0 saturated carbocycles. The SMILES string of the molecule is CC(C)(C)c1nsc(NCc2cc(Br)cnc2N)n1. The molecule has 7 heteroatoms. The Labute approximate surface area is 125 Å². The lowest BCUT2D eigenvalue weighted by Gasteiger charge is -2.12. The predicted octanol–water partition coefficient (Wildman–Crippen LogP) is 3.19. The molecular formula is C12H16BrN5S. The summed E-state index contributed by atoms with van der Waals surface area (Å²) in [6.45, 7) is 6.86. The molecule has 0 aromatic carbocycles. The molecule has 0 radical (unpaired) electrons. The van der Waals surface area contributed by atoms with Crippen LogP contribution in [0.3, 0.4) is 0 Å². The second-order valence-electron chi connectivity index (χ2n) is 5.22. The molecule has 0 aliphatic heterocycles. The van der Waals surface area contributed by atoms with Crippen LogP contribution in [0, 0.1) is 0 Å². The summed E-state index contributed by atoms with van der Waals surface area (Å²) in [6.07, 6.45) is 1.68. The lowest BCUT2D eigenvalue weighted by molar-refractivity contribution is 0.555. The van der Waals surface area contributed by atoms with E-state index in [0.29, 0.717) is 12.4 Å². The van der Waals surface area contributed by atoms with Gasteiger partial charge in [-0.15, -0.1) is 0 Å². The first-order valence-corrected chi connectivity index (χ1v) is 7.41. The highest BCUT2D eigenvalue weighted by Crippen LogP contribution is 2.24. The van der Waals surface area contributed by atoms with E-state index in [1.807, 2.05) is 6.07 Å². The van der Waals surface area contributed by atoms with Crippen LogP contribution >= 0.6 is 27.5 Å². The lowest BCUT2D eigenvalue weighted by atomic mass is 9.96. The Balaban J connectivity index is 2.06. The molecule has 0 bridgehead atoms. The number of nitrogen functional groups attached to an aromatic ring is 1. The second kappa shape index (κ2) is 5.42. The van der Waals surface area contributed by atoms with Crippen molar-refractivity contribution in [1.29, 1.82) is 0 Å². The number of nitrogens with two attached hydrogens (primary N) is 1. The van der Waals surface area contributed by atoms with Crippen LogP contribution < -0.4 is 11.1 Å². The molecule has 0 saturated heterocycles. The van der Waals surface area contributed by atoms with Gasteiger partial charge in [-0.2, -0.15) is 4.37 Å². The zero-order valence-electron chi connectivity index (χ0n) is 11.1. The van der Waals surface area contributed by atoms with E-state index in [1.54, 1.807) is 6.20 Å². The molecule has 2 aromatic rings. The van der Waals surface area contributed by atoms with E-state index >= 15 is 0 Å². The largest absolute Gasteiger partial charge is 0.383 e. The van der Waals surface area contributed by atoms with E-state index in [9.17, 15) is 0 Å². The second-order valence-corrected chi connectivity index (χ2v) is 6.89. The average molecular weight is 342 g/mol. The van der Waals surface area contributed by atoms with Gasteiger partial charge in [-0.3, -0.25) is 0 Å². The summed E-state index contributed by atoms with van der Waals surface area (Å²) in [5.41, 5.74) is 6.72. The number of aromatic nitrogens is 3. The third-order valence-electron chi connectivity index (χ3n) is 2.49. The molecule has 102 valence electrons. The zero-order valence-corrected chi connectivity index (χ0v) is 13.5. The van der Waals surface area contributed by atoms with Crippen LogP contribution in [0.15, 0.2) is 16.7 Å². The Morgan fingerprint density at radius 2 is 2.16 bits per heavy atom. The third-order valence-corrected chi connectivity index (χ3v) is 3.60. The van der Waals surface area contributed by atoms with E-state index in [0.717, 1.165) is 21.0 Å². The fraction of sp³-hybridized carbons (Fsp3) is 0.417. The van der Waals surface area contributed by atoms with E-state index in [1.165, 1.54) is 11.5 Å². The third kappa shape index (κ3) is 3.63. The van der Waals surface area contributed by atoms with Gasteiger partial charge in [-0.25, -0.2) is 9.97 Å². The molecule has 0 aliphatic rings. The maximum atomic E-state index is 5.82. The monoisotopic (exact) mass is 341 g/mol. The molecule has 0 amide bonds. The van der Waals surface area contributed by atoms with Crippen molar-refractivity contribution in [1.82, 2.24) is 14.3 Å². The molecule has 5 nitrogen and oxygen atoms in total. The molecular weight excluding hydrogens is 326 g/mol. The zero-order chi connectivity index (χ0) is 14.0. The van der Waals surface area contributed by atoms with Crippen molar-refractivity contribution < 1.29 is 0 Å². The Morgan fingerprint density at radius 1 is 1.42 bits per heavy atom. The van der Waals surface area contributed by atoms with Crippen LogP contribution in [0.5, 0.6) is 0 Å². The Hall–Kier alpha value is -1.21. The van der Waals surface area contributed by atoms with Crippen molar-refractivity contribution in [3.8, 4) is 0 Å². The first kappa shape index (κ1) is 14.2. The van der Waals surface area contributed by atoms with Crippen molar-refractivity contribution in [2.75, 3.05) is 11.1 Å². The molecule has 0 atom stereocenters. The van der Waals surface area contributed by atoms with E-state index in [4.69, 9.17) is 5.73 Å². The molecule has 2 rings (SSSR count). The number of hydrogen-bond acceptors (Lipinski definition) is 6. The molecule has 3 N–H and O–H groups in total. The molecule has 2 heterocycles. The minimum atomic E-state index is -0.0349. The topological polar surface area (TPSA) is 76.7 Å². The highest BCUT2D eigenvalue weighted by atomic mass is 79.9. The predicted molar refractivity (Wildman–Crippen MR) is 82.3 cm³/mol. The van der Waals surface area contributed by atoms with Crippen molar-refractivity contribution in [3.05, 3.63) is 28.1 Å². The maximum absolute atomic E-state index is 5.82. The lowest BCUT2D eigenvalue weighted by Crippen LogP contribution is -2.13.